The highest BCUT2D eigenvalue weighted by Gasteiger charge is 2.15. The molecular formula is C22H21N2O3+. The summed E-state index contributed by atoms with van der Waals surface area (Å²) in [6.07, 6.45) is 4.61. The molecule has 2 aromatic carbocycles. The van der Waals surface area contributed by atoms with Crippen LogP contribution < -0.4 is 9.88 Å². The number of amides is 1. The summed E-state index contributed by atoms with van der Waals surface area (Å²) in [7, 11) is 1.31. The Morgan fingerprint density at radius 1 is 0.889 bits per heavy atom. The van der Waals surface area contributed by atoms with E-state index in [1.54, 1.807) is 28.8 Å². The lowest BCUT2D eigenvalue weighted by Gasteiger charge is -2.08. The van der Waals surface area contributed by atoms with Gasteiger partial charge in [0.05, 0.1) is 18.4 Å². The Kier molecular flexibility index (Phi) is 5.94. The SMILES string of the molecule is COC(=O)c1ccccc1NC(=O)C[n+]1ccc(Cc2ccccc2)cc1. The molecular weight excluding hydrogens is 340 g/mol. The van der Waals surface area contributed by atoms with Crippen molar-refractivity contribution in [3.05, 3.63) is 95.8 Å². The number of hydrogen-bond donors (Lipinski definition) is 1. The summed E-state index contributed by atoms with van der Waals surface area (Å²) in [5, 5.41) is 2.77. The van der Waals surface area contributed by atoms with E-state index >= 15 is 0 Å². The molecule has 0 atom stereocenters. The number of ether oxygens (including phenoxy) is 1. The number of para-hydroxylation sites is 1. The zero-order valence-corrected chi connectivity index (χ0v) is 15.1. The van der Waals surface area contributed by atoms with E-state index in [4.69, 9.17) is 4.74 Å². The number of benzene rings is 2. The van der Waals surface area contributed by atoms with Gasteiger partial charge in [-0.05, 0) is 29.7 Å². The van der Waals surface area contributed by atoms with E-state index in [-0.39, 0.29) is 12.5 Å². The van der Waals surface area contributed by atoms with E-state index in [2.05, 4.69) is 17.4 Å². The highest BCUT2D eigenvalue weighted by Crippen LogP contribution is 2.15. The summed E-state index contributed by atoms with van der Waals surface area (Å²) in [6, 6.07) is 21.0. The molecule has 27 heavy (non-hydrogen) atoms. The first-order valence-electron chi connectivity index (χ1n) is 8.65. The van der Waals surface area contributed by atoms with E-state index in [1.807, 2.05) is 42.7 Å². The molecule has 136 valence electrons. The van der Waals surface area contributed by atoms with Crippen molar-refractivity contribution in [2.24, 2.45) is 0 Å². The Morgan fingerprint density at radius 2 is 1.52 bits per heavy atom. The predicted octanol–water partition coefficient (Wildman–Crippen LogP) is 2.99. The molecule has 0 fully saturated rings. The van der Waals surface area contributed by atoms with Gasteiger partial charge in [-0.1, -0.05) is 42.5 Å². The number of esters is 1. The first-order chi connectivity index (χ1) is 13.2. The number of pyridine rings is 1. The average Bonchev–Trinajstić information content (AvgIpc) is 2.70. The van der Waals surface area contributed by atoms with Crippen molar-refractivity contribution in [1.29, 1.82) is 0 Å². The zero-order valence-electron chi connectivity index (χ0n) is 15.1. The van der Waals surface area contributed by atoms with E-state index in [9.17, 15) is 9.59 Å². The number of carbonyl (C=O) groups is 2. The average molecular weight is 361 g/mol. The molecule has 5 nitrogen and oxygen atoms in total. The van der Waals surface area contributed by atoms with Gasteiger partial charge in [0.15, 0.2) is 12.4 Å². The normalized spacial score (nSPS) is 10.3. The highest BCUT2D eigenvalue weighted by molar-refractivity contribution is 6.00. The number of anilines is 1. The van der Waals surface area contributed by atoms with Crippen molar-refractivity contribution >= 4 is 17.6 Å². The second-order valence-electron chi connectivity index (χ2n) is 6.13. The molecule has 0 saturated heterocycles. The van der Waals surface area contributed by atoms with E-state index in [0.717, 1.165) is 6.42 Å². The maximum Gasteiger partial charge on any atom is 0.339 e. The van der Waals surface area contributed by atoms with Crippen LogP contribution in [0, 0.1) is 0 Å². The van der Waals surface area contributed by atoms with Crippen LogP contribution in [0.4, 0.5) is 5.69 Å². The van der Waals surface area contributed by atoms with Gasteiger partial charge in [-0.25, -0.2) is 4.79 Å². The molecule has 1 aromatic heterocycles. The third-order valence-corrected chi connectivity index (χ3v) is 4.14. The van der Waals surface area contributed by atoms with Crippen LogP contribution >= 0.6 is 0 Å². The molecule has 1 amide bonds. The second kappa shape index (κ2) is 8.76. The number of methoxy groups -OCH3 is 1. The molecule has 0 aliphatic heterocycles. The molecule has 3 rings (SSSR count). The van der Waals surface area contributed by atoms with Crippen LogP contribution in [0.5, 0.6) is 0 Å². The molecule has 5 heteroatoms. The number of aromatic nitrogens is 1. The lowest BCUT2D eigenvalue weighted by Crippen LogP contribution is -2.39. The minimum atomic E-state index is -0.483. The van der Waals surface area contributed by atoms with Gasteiger partial charge in [0.1, 0.15) is 0 Å². The Labute approximate surface area is 158 Å². The lowest BCUT2D eigenvalue weighted by atomic mass is 10.1. The van der Waals surface area contributed by atoms with Crippen molar-refractivity contribution in [2.45, 2.75) is 13.0 Å². The van der Waals surface area contributed by atoms with Crippen LogP contribution in [0.3, 0.4) is 0 Å². The molecule has 0 bridgehead atoms. The van der Waals surface area contributed by atoms with Crippen LogP contribution in [0.15, 0.2) is 79.1 Å². The molecule has 0 saturated carbocycles. The molecule has 1 N–H and O–H groups in total. The maximum absolute atomic E-state index is 12.3. The van der Waals surface area contributed by atoms with Gasteiger partial charge in [0, 0.05) is 12.1 Å². The van der Waals surface area contributed by atoms with Gasteiger partial charge in [-0.2, -0.15) is 4.57 Å². The van der Waals surface area contributed by atoms with Crippen LogP contribution in [0.2, 0.25) is 0 Å². The van der Waals surface area contributed by atoms with Crippen molar-refractivity contribution < 1.29 is 18.9 Å². The van der Waals surface area contributed by atoms with E-state index in [0.29, 0.717) is 11.3 Å². The van der Waals surface area contributed by atoms with Crippen molar-refractivity contribution in [3.63, 3.8) is 0 Å². The van der Waals surface area contributed by atoms with Gasteiger partial charge in [-0.3, -0.25) is 4.79 Å². The van der Waals surface area contributed by atoms with Crippen LogP contribution in [0.25, 0.3) is 0 Å². The molecule has 3 aromatic rings. The number of carbonyl (C=O) groups excluding carboxylic acids is 2. The minimum Gasteiger partial charge on any atom is -0.465 e. The van der Waals surface area contributed by atoms with Crippen molar-refractivity contribution in [2.75, 3.05) is 12.4 Å². The number of hydrogen-bond acceptors (Lipinski definition) is 3. The summed E-state index contributed by atoms with van der Waals surface area (Å²) in [6.45, 7) is 0.154. The summed E-state index contributed by atoms with van der Waals surface area (Å²) in [5.41, 5.74) is 3.19. The summed E-state index contributed by atoms with van der Waals surface area (Å²) in [5.74, 6) is -0.698. The molecule has 0 radical (unpaired) electrons. The fourth-order valence-corrected chi connectivity index (χ4v) is 2.78. The molecule has 0 unspecified atom stereocenters. The summed E-state index contributed by atoms with van der Waals surface area (Å²) in [4.78, 5) is 24.1. The molecule has 1 heterocycles. The first kappa shape index (κ1) is 18.3. The number of nitrogens with one attached hydrogen (secondary N) is 1. The van der Waals surface area contributed by atoms with Crippen LogP contribution in [-0.2, 0) is 22.5 Å². The van der Waals surface area contributed by atoms with Crippen LogP contribution in [0.1, 0.15) is 21.5 Å². The lowest BCUT2D eigenvalue weighted by molar-refractivity contribution is -0.684. The van der Waals surface area contributed by atoms with Crippen molar-refractivity contribution in [3.8, 4) is 0 Å². The third kappa shape index (κ3) is 5.01. The van der Waals surface area contributed by atoms with E-state index < -0.39 is 5.97 Å². The predicted molar refractivity (Wildman–Crippen MR) is 102 cm³/mol. The first-order valence-corrected chi connectivity index (χ1v) is 8.65. The topological polar surface area (TPSA) is 59.3 Å². The Balaban J connectivity index is 1.62. The monoisotopic (exact) mass is 361 g/mol. The number of nitrogens with zero attached hydrogens (tertiary/aromatic N) is 1. The van der Waals surface area contributed by atoms with Gasteiger partial charge in [0.25, 0.3) is 5.91 Å². The largest absolute Gasteiger partial charge is 0.465 e. The summed E-state index contributed by atoms with van der Waals surface area (Å²) >= 11 is 0. The van der Waals surface area contributed by atoms with Crippen molar-refractivity contribution in [1.82, 2.24) is 0 Å². The molecule has 0 spiro atoms. The van der Waals surface area contributed by atoms with E-state index in [1.165, 1.54) is 18.2 Å². The molecule has 0 aliphatic carbocycles. The Bertz CT molecular complexity index is 922. The second-order valence-corrected chi connectivity index (χ2v) is 6.13. The fourth-order valence-electron chi connectivity index (χ4n) is 2.78. The highest BCUT2D eigenvalue weighted by atomic mass is 16.5. The van der Waals surface area contributed by atoms with Gasteiger partial charge in [-0.15, -0.1) is 0 Å². The Hall–Kier alpha value is -3.47. The molecule has 0 aliphatic rings. The Morgan fingerprint density at radius 3 is 2.22 bits per heavy atom. The van der Waals surface area contributed by atoms with Gasteiger partial charge < -0.3 is 10.1 Å². The third-order valence-electron chi connectivity index (χ3n) is 4.14. The number of rotatable bonds is 6. The quantitative estimate of drug-likeness (QED) is 0.542. The van der Waals surface area contributed by atoms with Gasteiger partial charge in [0.2, 0.25) is 6.54 Å². The zero-order chi connectivity index (χ0) is 19.1. The summed E-state index contributed by atoms with van der Waals surface area (Å²) < 4.78 is 6.54. The maximum atomic E-state index is 12.3. The standard InChI is InChI=1S/C22H20N2O3/c1-27-22(26)19-9-5-6-10-20(19)23-21(25)16-24-13-11-18(12-14-24)15-17-7-3-2-4-8-17/h2-14H,15-16H2,1H3/p+1. The minimum absolute atomic E-state index is 0.154. The van der Waals surface area contributed by atoms with Gasteiger partial charge >= 0.3 is 5.97 Å². The van der Waals surface area contributed by atoms with Crippen LogP contribution in [-0.4, -0.2) is 19.0 Å². The fraction of sp³-hybridized carbons (Fsp3) is 0.136. The smallest absolute Gasteiger partial charge is 0.339 e.